The zero-order valence-electron chi connectivity index (χ0n) is 35.5. The molecule has 0 aromatic heterocycles. The second-order valence-electron chi connectivity index (χ2n) is 15.9. The summed E-state index contributed by atoms with van der Waals surface area (Å²) in [5.74, 6) is -1.08. The van der Waals surface area contributed by atoms with Crippen molar-refractivity contribution in [3.63, 3.8) is 0 Å². The van der Waals surface area contributed by atoms with Crippen molar-refractivity contribution >= 4 is 18.0 Å². The molecule has 0 aromatic rings. The van der Waals surface area contributed by atoms with Crippen molar-refractivity contribution in [3.8, 4) is 0 Å². The Morgan fingerprint density at radius 1 is 0.881 bits per heavy atom. The van der Waals surface area contributed by atoms with Crippen LogP contribution in [0.15, 0.2) is 58.7 Å². The number of aliphatic hydroxyl groups is 5. The molecule has 0 saturated carbocycles. The zero-order chi connectivity index (χ0) is 43.9. The number of ether oxygens (including phenoxy) is 7. The van der Waals surface area contributed by atoms with Crippen molar-refractivity contribution in [2.45, 2.75) is 141 Å². The summed E-state index contributed by atoms with van der Waals surface area (Å²) < 4.78 is 37.0. The number of methoxy groups -OCH3 is 3. The lowest BCUT2D eigenvalue weighted by Crippen LogP contribution is -2.62. The molecule has 7 N–H and O–H groups in total. The van der Waals surface area contributed by atoms with Gasteiger partial charge in [-0.25, -0.2) is 9.59 Å². The molecule has 2 amide bonds. The molecule has 0 radical (unpaired) electrons. The van der Waals surface area contributed by atoms with Crippen LogP contribution in [-0.2, 0) is 42.7 Å². The fourth-order valence-electron chi connectivity index (χ4n) is 7.24. The predicted octanol–water partition coefficient (Wildman–Crippen LogP) is 2.00. The Balaban J connectivity index is 1.47. The van der Waals surface area contributed by atoms with Gasteiger partial charge in [0.2, 0.25) is 5.91 Å². The summed E-state index contributed by atoms with van der Waals surface area (Å²) in [7, 11) is 3.82. The van der Waals surface area contributed by atoms with E-state index in [1.54, 1.807) is 13.0 Å². The van der Waals surface area contributed by atoms with E-state index in [4.69, 9.17) is 33.2 Å². The standard InChI is InChI=1S/C42H66N2O15/c1-24(17-18-27-26(3)15-12-19-42(27,4)5)13-11-14-25(2)21-31(45)44-28(38(51)54-7)16-9-10-20-43-41(52)59-37-33(47)30(57-39(55-8)36(37)50)23-56-40-35(49)34(48)32(46)29(58-40)22-53-6/h11,13-14,17-18,21,28-30,32-37,39-40,46-50H,9-10,12,15-16,19-20,22-23H2,1-8H3,(H,43,52)(H,44,45)/b14-11+,18-17+,24-13+,25-21+/t28-,29?,30?,32+,33+,34-,35?,36?,37-,39-,40-/m0/s1. The van der Waals surface area contributed by atoms with E-state index < -0.39 is 92.0 Å². The number of rotatable bonds is 19. The summed E-state index contributed by atoms with van der Waals surface area (Å²) in [4.78, 5) is 38.0. The van der Waals surface area contributed by atoms with Gasteiger partial charge in [0.15, 0.2) is 18.7 Å². The monoisotopic (exact) mass is 838 g/mol. The van der Waals surface area contributed by atoms with E-state index >= 15 is 0 Å². The van der Waals surface area contributed by atoms with Crippen molar-refractivity contribution in [2.24, 2.45) is 5.41 Å². The Hall–Kier alpha value is -3.49. The minimum Gasteiger partial charge on any atom is -0.467 e. The maximum absolute atomic E-state index is 12.8. The third-order valence-corrected chi connectivity index (χ3v) is 10.7. The molecule has 4 unspecified atom stereocenters. The van der Waals surface area contributed by atoms with E-state index in [-0.39, 0.29) is 25.0 Å². The van der Waals surface area contributed by atoms with Crippen LogP contribution < -0.4 is 10.6 Å². The predicted molar refractivity (Wildman–Crippen MR) is 214 cm³/mol. The summed E-state index contributed by atoms with van der Waals surface area (Å²) in [6, 6.07) is -0.932. The Bertz CT molecular complexity index is 1540. The molecule has 2 aliphatic heterocycles. The molecule has 17 heteroatoms. The van der Waals surface area contributed by atoms with Gasteiger partial charge in [0.05, 0.1) is 20.3 Å². The van der Waals surface area contributed by atoms with Crippen molar-refractivity contribution in [2.75, 3.05) is 41.1 Å². The Morgan fingerprint density at radius 3 is 2.24 bits per heavy atom. The molecule has 17 nitrogen and oxygen atoms in total. The van der Waals surface area contributed by atoms with Gasteiger partial charge in [-0.05, 0) is 75.9 Å². The largest absolute Gasteiger partial charge is 0.467 e. The van der Waals surface area contributed by atoms with E-state index in [2.05, 4.69) is 43.6 Å². The van der Waals surface area contributed by atoms with E-state index in [0.29, 0.717) is 18.4 Å². The van der Waals surface area contributed by atoms with Crippen molar-refractivity contribution in [3.05, 3.63) is 58.7 Å². The number of hydrogen-bond donors (Lipinski definition) is 7. The summed E-state index contributed by atoms with van der Waals surface area (Å²) in [5.41, 5.74) is 4.72. The van der Waals surface area contributed by atoms with E-state index in [1.165, 1.54) is 51.4 Å². The third kappa shape index (κ3) is 14.9. The minimum atomic E-state index is -1.65. The van der Waals surface area contributed by atoms with Gasteiger partial charge in [0.25, 0.3) is 0 Å². The molecule has 0 spiro atoms. The first-order valence-corrected chi connectivity index (χ1v) is 20.0. The molecule has 1 aliphatic carbocycles. The lowest BCUT2D eigenvalue weighted by molar-refractivity contribution is -0.328. The molecule has 2 saturated heterocycles. The molecular weight excluding hydrogens is 772 g/mol. The minimum absolute atomic E-state index is 0.0882. The first-order valence-electron chi connectivity index (χ1n) is 20.0. The second kappa shape index (κ2) is 24.1. The first-order chi connectivity index (χ1) is 27.9. The van der Waals surface area contributed by atoms with E-state index in [9.17, 15) is 39.9 Å². The van der Waals surface area contributed by atoms with Crippen LogP contribution in [0.5, 0.6) is 0 Å². The number of amides is 2. The first kappa shape index (κ1) is 49.9. The molecular formula is C42H66N2O15. The SMILES string of the molecule is COCC1O[C@H](OCC2O[C@H](OC)C(O)[C@@H](OC(=O)NCCCC[C@H](NC(=O)/C=C(C)/C=C/C=C(C)/C=C/C3=C(C)CCCC3(C)C)C(=O)OC)[C@@H]2O)C(O)[C@@H](O)[C@@H]1O. The molecule has 3 rings (SSSR count). The number of unbranched alkanes of at least 4 members (excludes halogenated alkanes) is 1. The maximum Gasteiger partial charge on any atom is 0.407 e. The second-order valence-corrected chi connectivity index (χ2v) is 15.9. The topological polar surface area (TPSA) is 241 Å². The van der Waals surface area contributed by atoms with Gasteiger partial charge in [-0.3, -0.25) is 4.79 Å². The summed E-state index contributed by atoms with van der Waals surface area (Å²) in [5, 5.41) is 57.6. The fraction of sp³-hybridized carbons (Fsp3) is 0.690. The van der Waals surface area contributed by atoms with Gasteiger partial charge in [0, 0.05) is 26.8 Å². The van der Waals surface area contributed by atoms with Crippen LogP contribution in [0.1, 0.15) is 73.1 Å². The quantitative estimate of drug-likeness (QED) is 0.0426. The van der Waals surface area contributed by atoms with Crippen molar-refractivity contribution in [1.82, 2.24) is 10.6 Å². The fourth-order valence-corrected chi connectivity index (χ4v) is 7.24. The smallest absolute Gasteiger partial charge is 0.407 e. The molecule has 0 aromatic carbocycles. The van der Waals surface area contributed by atoms with Gasteiger partial charge in [0.1, 0.15) is 48.8 Å². The lowest BCUT2D eigenvalue weighted by atomic mass is 9.72. The highest BCUT2D eigenvalue weighted by atomic mass is 16.7. The van der Waals surface area contributed by atoms with E-state index in [0.717, 1.165) is 12.0 Å². The number of carbonyl (C=O) groups excluding carboxylic acids is 3. The highest BCUT2D eigenvalue weighted by Crippen LogP contribution is 2.40. The highest BCUT2D eigenvalue weighted by Gasteiger charge is 2.49. The molecule has 3 aliphatic rings. The van der Waals surface area contributed by atoms with Gasteiger partial charge >= 0.3 is 12.1 Å². The number of allylic oxidation sites excluding steroid dienone is 9. The Kier molecular flexibility index (Phi) is 20.4. The Labute approximate surface area is 347 Å². The number of esters is 1. The van der Waals surface area contributed by atoms with Crippen LogP contribution in [0.2, 0.25) is 0 Å². The third-order valence-electron chi connectivity index (χ3n) is 10.7. The summed E-state index contributed by atoms with van der Waals surface area (Å²) >= 11 is 0. The molecule has 11 atom stereocenters. The van der Waals surface area contributed by atoms with Gasteiger partial charge in [-0.2, -0.15) is 0 Å². The average molecular weight is 839 g/mol. The van der Waals surface area contributed by atoms with Gasteiger partial charge < -0.3 is 69.3 Å². The van der Waals surface area contributed by atoms with Crippen LogP contribution in [0.25, 0.3) is 0 Å². The van der Waals surface area contributed by atoms with Gasteiger partial charge in [-0.1, -0.05) is 55.4 Å². The number of alkyl carbamates (subject to hydrolysis) is 1. The van der Waals surface area contributed by atoms with Gasteiger partial charge in [-0.15, -0.1) is 0 Å². The lowest BCUT2D eigenvalue weighted by Gasteiger charge is -2.43. The van der Waals surface area contributed by atoms with Crippen LogP contribution in [0, 0.1) is 5.41 Å². The highest BCUT2D eigenvalue weighted by molar-refractivity contribution is 5.92. The zero-order valence-corrected chi connectivity index (χ0v) is 35.5. The normalized spacial score (nSPS) is 31.0. The summed E-state index contributed by atoms with van der Waals surface area (Å²) in [6.07, 6.45) is 0.337. The van der Waals surface area contributed by atoms with E-state index in [1.807, 2.05) is 19.1 Å². The summed E-state index contributed by atoms with van der Waals surface area (Å²) in [6.45, 7) is 10.1. The molecule has 2 heterocycles. The number of hydrogen-bond acceptors (Lipinski definition) is 15. The van der Waals surface area contributed by atoms with Crippen LogP contribution in [-0.4, -0.2) is 152 Å². The van der Waals surface area contributed by atoms with Crippen molar-refractivity contribution in [1.29, 1.82) is 0 Å². The number of nitrogens with one attached hydrogen (secondary N) is 2. The maximum atomic E-state index is 12.8. The molecule has 2 fully saturated rings. The Morgan fingerprint density at radius 2 is 1.58 bits per heavy atom. The number of carbonyl (C=O) groups is 3. The van der Waals surface area contributed by atoms with Crippen LogP contribution >= 0.6 is 0 Å². The van der Waals surface area contributed by atoms with Crippen molar-refractivity contribution < 1.29 is 73.1 Å². The molecule has 59 heavy (non-hydrogen) atoms. The molecule has 0 bridgehead atoms. The average Bonchev–Trinajstić information content (AvgIpc) is 3.18. The van der Waals surface area contributed by atoms with Crippen LogP contribution in [0.4, 0.5) is 4.79 Å². The van der Waals surface area contributed by atoms with Crippen LogP contribution in [0.3, 0.4) is 0 Å². The number of aliphatic hydroxyl groups excluding tert-OH is 5. The molecule has 334 valence electrons.